The van der Waals surface area contributed by atoms with Gasteiger partial charge in [0.15, 0.2) is 0 Å². The first kappa shape index (κ1) is 20.3. The van der Waals surface area contributed by atoms with Gasteiger partial charge in [0, 0.05) is 0 Å². The van der Waals surface area contributed by atoms with Crippen molar-refractivity contribution in [2.45, 2.75) is 33.1 Å². The topological polar surface area (TPSA) is 76.7 Å². The first-order valence-electron chi connectivity index (χ1n) is 9.21. The Bertz CT molecular complexity index is 761. The quantitative estimate of drug-likeness (QED) is 0.521. The fourth-order valence-electron chi connectivity index (χ4n) is 2.35. The van der Waals surface area contributed by atoms with Crippen molar-refractivity contribution in [3.8, 4) is 11.5 Å². The molecule has 2 aromatic carbocycles. The molecule has 0 fully saturated rings. The number of nitrogens with one attached hydrogen (secondary N) is 2. The summed E-state index contributed by atoms with van der Waals surface area (Å²) in [5.74, 6) is 0.0839. The van der Waals surface area contributed by atoms with Crippen LogP contribution in [0.25, 0.3) is 0 Å². The van der Waals surface area contributed by atoms with Crippen LogP contribution in [0.3, 0.4) is 0 Å². The first-order valence-corrected chi connectivity index (χ1v) is 9.21. The van der Waals surface area contributed by atoms with Crippen LogP contribution in [0, 0.1) is 0 Å². The maximum atomic E-state index is 12.5. The van der Waals surface area contributed by atoms with Gasteiger partial charge in [-0.15, -0.1) is 0 Å². The molecule has 0 aromatic heterocycles. The Kier molecular flexibility index (Phi) is 8.16. The van der Waals surface area contributed by atoms with Crippen molar-refractivity contribution in [3.63, 3.8) is 0 Å². The number of ether oxygens (including phenoxy) is 2. The Balaban J connectivity index is 2.01. The SMILES string of the molecule is CCCCOc1ccccc1C(=O)NNC(=O)c1ccccc1OCCC. The molecule has 144 valence electrons. The van der Waals surface area contributed by atoms with E-state index in [9.17, 15) is 9.59 Å². The predicted octanol–water partition coefficient (Wildman–Crippen LogP) is 3.73. The summed E-state index contributed by atoms with van der Waals surface area (Å²) >= 11 is 0. The lowest BCUT2D eigenvalue weighted by molar-refractivity contribution is 0.0842. The summed E-state index contributed by atoms with van der Waals surface area (Å²) in [6, 6.07) is 13.9. The summed E-state index contributed by atoms with van der Waals surface area (Å²) < 4.78 is 11.2. The molecule has 2 N–H and O–H groups in total. The number of rotatable bonds is 9. The van der Waals surface area contributed by atoms with Gasteiger partial charge in [-0.05, 0) is 37.1 Å². The lowest BCUT2D eigenvalue weighted by Gasteiger charge is -2.13. The van der Waals surface area contributed by atoms with Gasteiger partial charge in [-0.3, -0.25) is 20.4 Å². The maximum Gasteiger partial charge on any atom is 0.273 e. The fraction of sp³-hybridized carbons (Fsp3) is 0.333. The second kappa shape index (κ2) is 10.9. The fourth-order valence-corrected chi connectivity index (χ4v) is 2.35. The third-order valence-electron chi connectivity index (χ3n) is 3.77. The average Bonchev–Trinajstić information content (AvgIpc) is 2.71. The van der Waals surface area contributed by atoms with Crippen LogP contribution in [0.4, 0.5) is 0 Å². The number of amides is 2. The largest absolute Gasteiger partial charge is 0.493 e. The zero-order chi connectivity index (χ0) is 19.5. The standard InChI is InChI=1S/C21H26N2O4/c1-3-5-15-27-19-13-9-7-11-17(19)21(25)23-22-20(24)16-10-6-8-12-18(16)26-14-4-2/h6-13H,3-5,14-15H2,1-2H3,(H,22,24)(H,23,25). The summed E-state index contributed by atoms with van der Waals surface area (Å²) in [5, 5.41) is 0. The van der Waals surface area contributed by atoms with E-state index in [1.165, 1.54) is 0 Å². The second-order valence-electron chi connectivity index (χ2n) is 5.95. The molecule has 0 bridgehead atoms. The minimum absolute atomic E-state index is 0.360. The molecule has 2 aromatic rings. The molecule has 0 aliphatic carbocycles. The van der Waals surface area contributed by atoms with Crippen LogP contribution in [0.15, 0.2) is 48.5 Å². The molecule has 6 heteroatoms. The highest BCUT2D eigenvalue weighted by Gasteiger charge is 2.15. The van der Waals surface area contributed by atoms with E-state index in [-0.39, 0.29) is 0 Å². The highest BCUT2D eigenvalue weighted by molar-refractivity contribution is 6.01. The molecule has 0 aliphatic rings. The van der Waals surface area contributed by atoms with Crippen molar-refractivity contribution in [1.82, 2.24) is 10.9 Å². The molecule has 0 heterocycles. The molecule has 0 saturated heterocycles. The minimum Gasteiger partial charge on any atom is -0.493 e. The predicted molar refractivity (Wildman–Crippen MR) is 104 cm³/mol. The molecule has 2 amide bonds. The smallest absolute Gasteiger partial charge is 0.273 e. The van der Waals surface area contributed by atoms with Crippen LogP contribution in [0.1, 0.15) is 53.8 Å². The normalized spacial score (nSPS) is 10.1. The number of carbonyl (C=O) groups is 2. The van der Waals surface area contributed by atoms with Gasteiger partial charge in [0.2, 0.25) is 0 Å². The average molecular weight is 370 g/mol. The van der Waals surface area contributed by atoms with E-state index in [0.29, 0.717) is 35.8 Å². The van der Waals surface area contributed by atoms with Gasteiger partial charge in [-0.2, -0.15) is 0 Å². The summed E-state index contributed by atoms with van der Waals surface area (Å²) in [6.45, 7) is 5.11. The Hall–Kier alpha value is -3.02. The molecule has 0 saturated carbocycles. The van der Waals surface area contributed by atoms with Crippen LogP contribution in [0.2, 0.25) is 0 Å². The van der Waals surface area contributed by atoms with Gasteiger partial charge in [0.1, 0.15) is 11.5 Å². The van der Waals surface area contributed by atoms with Gasteiger partial charge in [-0.1, -0.05) is 44.5 Å². The van der Waals surface area contributed by atoms with Crippen molar-refractivity contribution < 1.29 is 19.1 Å². The highest BCUT2D eigenvalue weighted by atomic mass is 16.5. The number of hydrazine groups is 1. The van der Waals surface area contributed by atoms with Gasteiger partial charge in [0.05, 0.1) is 24.3 Å². The van der Waals surface area contributed by atoms with Crippen LogP contribution >= 0.6 is 0 Å². The van der Waals surface area contributed by atoms with Crippen molar-refractivity contribution >= 4 is 11.8 Å². The molecule has 0 spiro atoms. The van der Waals surface area contributed by atoms with Crippen LogP contribution in [-0.4, -0.2) is 25.0 Å². The lowest BCUT2D eigenvalue weighted by Crippen LogP contribution is -2.41. The maximum absolute atomic E-state index is 12.5. The zero-order valence-electron chi connectivity index (χ0n) is 15.8. The Labute approximate surface area is 159 Å². The molecule has 27 heavy (non-hydrogen) atoms. The van der Waals surface area contributed by atoms with E-state index in [4.69, 9.17) is 9.47 Å². The number of hydrogen-bond donors (Lipinski definition) is 2. The van der Waals surface area contributed by atoms with E-state index in [2.05, 4.69) is 17.8 Å². The van der Waals surface area contributed by atoms with Gasteiger partial charge >= 0.3 is 0 Å². The van der Waals surface area contributed by atoms with E-state index >= 15 is 0 Å². The Morgan fingerprint density at radius 3 is 1.70 bits per heavy atom. The molecule has 0 atom stereocenters. The van der Waals surface area contributed by atoms with E-state index in [1.54, 1.807) is 48.5 Å². The lowest BCUT2D eigenvalue weighted by atomic mass is 10.2. The number of carbonyl (C=O) groups excluding carboxylic acids is 2. The Morgan fingerprint density at radius 2 is 1.22 bits per heavy atom. The molecule has 0 radical (unpaired) electrons. The molecular formula is C21H26N2O4. The van der Waals surface area contributed by atoms with E-state index in [0.717, 1.165) is 19.3 Å². The monoisotopic (exact) mass is 370 g/mol. The summed E-state index contributed by atoms with van der Waals surface area (Å²) in [7, 11) is 0. The summed E-state index contributed by atoms with van der Waals surface area (Å²) in [4.78, 5) is 24.9. The van der Waals surface area contributed by atoms with Crippen LogP contribution < -0.4 is 20.3 Å². The number of unbranched alkanes of at least 4 members (excludes halogenated alkanes) is 1. The van der Waals surface area contributed by atoms with Gasteiger partial charge in [-0.25, -0.2) is 0 Å². The Morgan fingerprint density at radius 1 is 0.741 bits per heavy atom. The van der Waals surface area contributed by atoms with E-state index in [1.807, 2.05) is 6.92 Å². The molecule has 0 unspecified atom stereocenters. The van der Waals surface area contributed by atoms with Crippen LogP contribution in [0.5, 0.6) is 11.5 Å². The van der Waals surface area contributed by atoms with Crippen molar-refractivity contribution in [2.75, 3.05) is 13.2 Å². The first-order chi connectivity index (χ1) is 13.2. The minimum atomic E-state index is -0.445. The van der Waals surface area contributed by atoms with Gasteiger partial charge in [0.25, 0.3) is 11.8 Å². The zero-order valence-corrected chi connectivity index (χ0v) is 15.8. The number of hydrogen-bond acceptors (Lipinski definition) is 4. The molecule has 0 aliphatic heterocycles. The van der Waals surface area contributed by atoms with Crippen LogP contribution in [-0.2, 0) is 0 Å². The second-order valence-corrected chi connectivity index (χ2v) is 5.95. The van der Waals surface area contributed by atoms with E-state index < -0.39 is 11.8 Å². The van der Waals surface area contributed by atoms with Crippen molar-refractivity contribution in [1.29, 1.82) is 0 Å². The molecule has 2 rings (SSSR count). The number of para-hydroxylation sites is 2. The number of benzene rings is 2. The van der Waals surface area contributed by atoms with Gasteiger partial charge < -0.3 is 9.47 Å². The molecule has 6 nitrogen and oxygen atoms in total. The third-order valence-corrected chi connectivity index (χ3v) is 3.77. The third kappa shape index (κ3) is 6.02. The highest BCUT2D eigenvalue weighted by Crippen LogP contribution is 2.19. The summed E-state index contributed by atoms with van der Waals surface area (Å²) in [5.41, 5.74) is 5.60. The summed E-state index contributed by atoms with van der Waals surface area (Å²) in [6.07, 6.45) is 2.74. The molecular weight excluding hydrogens is 344 g/mol. The van der Waals surface area contributed by atoms with Crippen molar-refractivity contribution in [2.24, 2.45) is 0 Å². The van der Waals surface area contributed by atoms with Crippen molar-refractivity contribution in [3.05, 3.63) is 59.7 Å².